The highest BCUT2D eigenvalue weighted by molar-refractivity contribution is 6.13. The number of aromatic nitrogens is 5. The third-order valence-electron chi connectivity index (χ3n) is 7.54. The summed E-state index contributed by atoms with van der Waals surface area (Å²) >= 11 is 0. The number of fused-ring (bicyclic) bond motifs is 1. The SMILES string of the molecule is CCOC(=O)N1CCN(C(=O)C(C)n2cc(NC(=O)c3cc(-c4cn(CC)nc4C)nc4ccccc34)c(C)n2)CC1. The monoisotopic (exact) mass is 572 g/mol. The van der Waals surface area contributed by atoms with Gasteiger partial charge >= 0.3 is 6.09 Å². The van der Waals surface area contributed by atoms with E-state index in [1.807, 2.05) is 49.0 Å². The highest BCUT2D eigenvalue weighted by Gasteiger charge is 2.29. The van der Waals surface area contributed by atoms with Gasteiger partial charge < -0.3 is 19.9 Å². The van der Waals surface area contributed by atoms with E-state index in [2.05, 4.69) is 15.5 Å². The van der Waals surface area contributed by atoms with Gasteiger partial charge in [0, 0.05) is 56.1 Å². The largest absolute Gasteiger partial charge is 0.450 e. The number of hydrogen-bond acceptors (Lipinski definition) is 7. The van der Waals surface area contributed by atoms with Gasteiger partial charge in [-0.05, 0) is 46.8 Å². The van der Waals surface area contributed by atoms with Gasteiger partial charge in [-0.2, -0.15) is 10.2 Å². The Morgan fingerprint density at radius 3 is 2.38 bits per heavy atom. The maximum atomic E-state index is 13.7. The number of para-hydroxylation sites is 1. The summed E-state index contributed by atoms with van der Waals surface area (Å²) in [6.45, 7) is 12.0. The number of pyridine rings is 1. The van der Waals surface area contributed by atoms with Crippen LogP contribution in [-0.4, -0.2) is 85.0 Å². The molecule has 220 valence electrons. The number of benzene rings is 1. The Labute approximate surface area is 244 Å². The van der Waals surface area contributed by atoms with E-state index in [-0.39, 0.29) is 17.9 Å². The number of carbonyl (C=O) groups is 3. The smallest absolute Gasteiger partial charge is 0.409 e. The molecule has 12 nitrogen and oxygen atoms in total. The van der Waals surface area contributed by atoms with Crippen LogP contribution >= 0.6 is 0 Å². The highest BCUT2D eigenvalue weighted by atomic mass is 16.6. The second-order valence-corrected chi connectivity index (χ2v) is 10.3. The molecule has 4 aromatic rings. The Morgan fingerprint density at radius 1 is 0.976 bits per heavy atom. The zero-order valence-corrected chi connectivity index (χ0v) is 24.6. The Hall–Kier alpha value is -4.74. The molecule has 1 aliphatic rings. The molecule has 0 radical (unpaired) electrons. The number of nitrogens with one attached hydrogen (secondary N) is 1. The zero-order chi connectivity index (χ0) is 30.0. The van der Waals surface area contributed by atoms with Crippen LogP contribution in [0.4, 0.5) is 10.5 Å². The van der Waals surface area contributed by atoms with Crippen molar-refractivity contribution in [2.24, 2.45) is 0 Å². The molecule has 1 unspecified atom stereocenters. The molecular formula is C30H36N8O4. The molecule has 1 fully saturated rings. The second kappa shape index (κ2) is 12.0. The van der Waals surface area contributed by atoms with E-state index in [1.54, 1.807) is 47.5 Å². The van der Waals surface area contributed by atoms with E-state index in [9.17, 15) is 14.4 Å². The first-order valence-corrected chi connectivity index (χ1v) is 14.2. The van der Waals surface area contributed by atoms with E-state index < -0.39 is 6.04 Å². The van der Waals surface area contributed by atoms with E-state index in [4.69, 9.17) is 9.72 Å². The van der Waals surface area contributed by atoms with Gasteiger partial charge in [0.25, 0.3) is 5.91 Å². The Bertz CT molecular complexity index is 1630. The van der Waals surface area contributed by atoms with Gasteiger partial charge in [0.05, 0.1) is 40.5 Å². The lowest BCUT2D eigenvalue weighted by atomic mass is 10.0. The van der Waals surface area contributed by atoms with Gasteiger partial charge in [0.1, 0.15) is 6.04 Å². The van der Waals surface area contributed by atoms with Crippen LogP contribution in [0.3, 0.4) is 0 Å². The van der Waals surface area contributed by atoms with Gasteiger partial charge in [-0.1, -0.05) is 18.2 Å². The van der Waals surface area contributed by atoms with Crippen LogP contribution in [0, 0.1) is 13.8 Å². The van der Waals surface area contributed by atoms with Crippen molar-refractivity contribution in [2.75, 3.05) is 38.1 Å². The number of carbonyl (C=O) groups excluding carboxylic acids is 3. The summed E-state index contributed by atoms with van der Waals surface area (Å²) in [5.74, 6) is -0.404. The average Bonchev–Trinajstić information content (AvgIpc) is 3.57. The fourth-order valence-electron chi connectivity index (χ4n) is 5.13. The maximum Gasteiger partial charge on any atom is 0.409 e. The van der Waals surface area contributed by atoms with Crippen molar-refractivity contribution in [1.29, 1.82) is 0 Å². The van der Waals surface area contributed by atoms with Crippen molar-refractivity contribution in [2.45, 2.75) is 47.2 Å². The summed E-state index contributed by atoms with van der Waals surface area (Å²) in [5.41, 5.74) is 4.68. The molecule has 0 saturated carbocycles. The Morgan fingerprint density at radius 2 is 1.69 bits per heavy atom. The predicted molar refractivity (Wildman–Crippen MR) is 158 cm³/mol. The van der Waals surface area contributed by atoms with Crippen LogP contribution in [0.15, 0.2) is 42.7 Å². The van der Waals surface area contributed by atoms with E-state index >= 15 is 0 Å². The third kappa shape index (κ3) is 5.69. The molecule has 12 heteroatoms. The number of hydrogen-bond donors (Lipinski definition) is 1. The molecule has 3 aromatic heterocycles. The van der Waals surface area contributed by atoms with E-state index in [1.165, 1.54) is 0 Å². The van der Waals surface area contributed by atoms with Gasteiger partial charge in [0.2, 0.25) is 5.91 Å². The van der Waals surface area contributed by atoms with Crippen LogP contribution in [0.25, 0.3) is 22.2 Å². The average molecular weight is 573 g/mol. The predicted octanol–water partition coefficient (Wildman–Crippen LogP) is 4.05. The van der Waals surface area contributed by atoms with E-state index in [0.29, 0.717) is 60.9 Å². The van der Waals surface area contributed by atoms with Crippen molar-refractivity contribution < 1.29 is 19.1 Å². The molecule has 0 spiro atoms. The second-order valence-electron chi connectivity index (χ2n) is 10.3. The molecule has 0 bridgehead atoms. The summed E-state index contributed by atoms with van der Waals surface area (Å²) in [5, 5.41) is 12.8. The van der Waals surface area contributed by atoms with Crippen LogP contribution < -0.4 is 5.32 Å². The Kier molecular flexibility index (Phi) is 8.23. The lowest BCUT2D eigenvalue weighted by Crippen LogP contribution is -2.52. The van der Waals surface area contributed by atoms with Crippen LogP contribution in [-0.2, 0) is 16.1 Å². The molecule has 42 heavy (non-hydrogen) atoms. The van der Waals surface area contributed by atoms with Gasteiger partial charge in [-0.3, -0.25) is 19.0 Å². The van der Waals surface area contributed by atoms with Gasteiger partial charge in [-0.25, -0.2) is 9.78 Å². The normalized spacial score (nSPS) is 14.2. The Balaban J connectivity index is 1.34. The van der Waals surface area contributed by atoms with Crippen LogP contribution in [0.2, 0.25) is 0 Å². The summed E-state index contributed by atoms with van der Waals surface area (Å²) in [4.78, 5) is 47.1. The molecule has 3 amide bonds. The fraction of sp³-hybridized carbons (Fsp3) is 0.400. The standard InChI is InChI=1S/C30H36N8O4/c1-6-37-17-24(19(3)33-37)26-16-23(22-10-8-9-11-25(22)31-26)28(39)32-27-18-38(34-20(27)4)21(5)29(40)35-12-14-36(15-13-35)30(41)42-7-2/h8-11,16-18,21H,6-7,12-15H2,1-5H3,(H,32,39). The van der Waals surface area contributed by atoms with Crippen molar-refractivity contribution >= 4 is 34.5 Å². The number of ether oxygens (including phenoxy) is 1. The van der Waals surface area contributed by atoms with Crippen molar-refractivity contribution in [1.82, 2.24) is 34.3 Å². The minimum Gasteiger partial charge on any atom is -0.450 e. The molecule has 1 aromatic carbocycles. The molecule has 0 aliphatic carbocycles. The summed E-state index contributed by atoms with van der Waals surface area (Å²) in [6.07, 6.45) is 3.27. The third-order valence-corrected chi connectivity index (χ3v) is 7.54. The first-order valence-electron chi connectivity index (χ1n) is 14.2. The first kappa shape index (κ1) is 28.8. The number of aryl methyl sites for hydroxylation is 3. The maximum absolute atomic E-state index is 13.7. The minimum absolute atomic E-state index is 0.105. The highest BCUT2D eigenvalue weighted by Crippen LogP contribution is 2.28. The molecule has 5 rings (SSSR count). The van der Waals surface area contributed by atoms with Gasteiger partial charge in [0.15, 0.2) is 0 Å². The lowest BCUT2D eigenvalue weighted by molar-refractivity contribution is -0.136. The quantitative estimate of drug-likeness (QED) is 0.354. The minimum atomic E-state index is -0.588. The zero-order valence-electron chi connectivity index (χ0n) is 24.6. The topological polar surface area (TPSA) is 127 Å². The number of amides is 3. The molecule has 4 heterocycles. The van der Waals surface area contributed by atoms with E-state index in [0.717, 1.165) is 23.2 Å². The number of piperazine rings is 1. The number of rotatable bonds is 7. The van der Waals surface area contributed by atoms with Crippen LogP contribution in [0.1, 0.15) is 48.6 Å². The van der Waals surface area contributed by atoms with Crippen LogP contribution in [0.5, 0.6) is 0 Å². The molecule has 1 aliphatic heterocycles. The summed E-state index contributed by atoms with van der Waals surface area (Å²) in [7, 11) is 0. The molecular weight excluding hydrogens is 536 g/mol. The molecule has 1 N–H and O–H groups in total. The van der Waals surface area contributed by atoms with Gasteiger partial charge in [-0.15, -0.1) is 0 Å². The lowest BCUT2D eigenvalue weighted by Gasteiger charge is -2.35. The first-order chi connectivity index (χ1) is 20.2. The van der Waals surface area contributed by atoms with Crippen molar-refractivity contribution in [3.8, 4) is 11.3 Å². The molecule has 1 atom stereocenters. The summed E-state index contributed by atoms with van der Waals surface area (Å²) < 4.78 is 8.49. The fourth-order valence-corrected chi connectivity index (χ4v) is 5.13. The number of nitrogens with zero attached hydrogens (tertiary/aromatic N) is 7. The number of anilines is 1. The van der Waals surface area contributed by atoms with Crippen molar-refractivity contribution in [3.05, 3.63) is 59.7 Å². The summed E-state index contributed by atoms with van der Waals surface area (Å²) in [6, 6.07) is 8.75. The molecule has 1 saturated heterocycles. The van der Waals surface area contributed by atoms with Crippen molar-refractivity contribution in [3.63, 3.8) is 0 Å².